The monoisotopic (exact) mass is 316 g/mol. The van der Waals surface area contributed by atoms with Gasteiger partial charge in [0, 0.05) is 11.6 Å². The van der Waals surface area contributed by atoms with Gasteiger partial charge in [0.2, 0.25) is 5.88 Å². The number of methoxy groups -OCH3 is 1. The molecular formula is C16H17ClN4O. The highest BCUT2D eigenvalue weighted by Crippen LogP contribution is 2.30. The zero-order valence-electron chi connectivity index (χ0n) is 13.0. The van der Waals surface area contributed by atoms with Gasteiger partial charge >= 0.3 is 0 Å². The van der Waals surface area contributed by atoms with Crippen molar-refractivity contribution in [3.05, 3.63) is 40.7 Å². The third kappa shape index (κ3) is 2.41. The van der Waals surface area contributed by atoms with E-state index in [4.69, 9.17) is 16.3 Å². The second-order valence-electron chi connectivity index (χ2n) is 5.51. The van der Waals surface area contributed by atoms with E-state index in [0.717, 1.165) is 28.0 Å². The number of hydrogen-bond donors (Lipinski definition) is 0. The Morgan fingerprint density at radius 2 is 1.95 bits per heavy atom. The van der Waals surface area contributed by atoms with Gasteiger partial charge in [-0.3, -0.25) is 0 Å². The van der Waals surface area contributed by atoms with E-state index in [0.29, 0.717) is 17.0 Å². The van der Waals surface area contributed by atoms with E-state index in [9.17, 15) is 0 Å². The van der Waals surface area contributed by atoms with E-state index in [1.54, 1.807) is 11.6 Å². The Kier molecular flexibility index (Phi) is 3.74. The molecule has 3 aromatic rings. The highest BCUT2D eigenvalue weighted by atomic mass is 35.5. The first-order valence-corrected chi connectivity index (χ1v) is 7.46. The minimum atomic E-state index is 0.329. The first kappa shape index (κ1) is 14.8. The number of aromatic nitrogens is 4. The van der Waals surface area contributed by atoms with E-state index in [1.165, 1.54) is 0 Å². The van der Waals surface area contributed by atoms with E-state index < -0.39 is 0 Å². The maximum absolute atomic E-state index is 5.97. The Labute approximate surface area is 133 Å². The second-order valence-corrected chi connectivity index (χ2v) is 5.87. The van der Waals surface area contributed by atoms with E-state index >= 15 is 0 Å². The molecule has 0 saturated carbocycles. The molecule has 0 atom stereocenters. The number of rotatable bonds is 3. The summed E-state index contributed by atoms with van der Waals surface area (Å²) in [6.45, 7) is 6.14. The van der Waals surface area contributed by atoms with Gasteiger partial charge in [0.25, 0.3) is 0 Å². The molecule has 3 rings (SSSR count). The largest absolute Gasteiger partial charge is 0.481 e. The van der Waals surface area contributed by atoms with Gasteiger partial charge in [0.05, 0.1) is 24.0 Å². The molecule has 22 heavy (non-hydrogen) atoms. The molecule has 5 nitrogen and oxygen atoms in total. The summed E-state index contributed by atoms with van der Waals surface area (Å²) in [6.07, 6.45) is 0. The summed E-state index contributed by atoms with van der Waals surface area (Å²) in [4.78, 5) is 0. The molecule has 0 aromatic carbocycles. The van der Waals surface area contributed by atoms with E-state index in [2.05, 4.69) is 35.2 Å². The molecule has 0 saturated heterocycles. The molecule has 0 unspecified atom stereocenters. The van der Waals surface area contributed by atoms with Crippen molar-refractivity contribution in [2.75, 3.05) is 7.11 Å². The number of aryl methyl sites for hydroxylation is 1. The molecule has 0 bridgehead atoms. The summed E-state index contributed by atoms with van der Waals surface area (Å²) in [5.41, 5.74) is 4.56. The number of fused-ring (bicyclic) bond motifs is 1. The van der Waals surface area contributed by atoms with Gasteiger partial charge < -0.3 is 4.74 Å². The second kappa shape index (κ2) is 5.57. The average Bonchev–Trinajstić information content (AvgIpc) is 2.94. The van der Waals surface area contributed by atoms with Gasteiger partial charge in [-0.2, -0.15) is 5.10 Å². The van der Waals surface area contributed by atoms with Crippen LogP contribution in [0.3, 0.4) is 0 Å². The van der Waals surface area contributed by atoms with Crippen molar-refractivity contribution < 1.29 is 4.74 Å². The lowest BCUT2D eigenvalue weighted by molar-refractivity contribution is 0.385. The fourth-order valence-corrected chi connectivity index (χ4v) is 2.42. The van der Waals surface area contributed by atoms with Crippen molar-refractivity contribution in [1.82, 2.24) is 19.8 Å². The molecule has 3 heterocycles. The van der Waals surface area contributed by atoms with Crippen LogP contribution >= 0.6 is 11.6 Å². The molecule has 0 spiro atoms. The predicted octanol–water partition coefficient (Wildman–Crippen LogP) is 3.89. The minimum absolute atomic E-state index is 0.329. The van der Waals surface area contributed by atoms with Gasteiger partial charge in [-0.1, -0.05) is 25.4 Å². The Balaban J connectivity index is 2.27. The van der Waals surface area contributed by atoms with Crippen LogP contribution in [0.5, 0.6) is 5.88 Å². The zero-order valence-corrected chi connectivity index (χ0v) is 13.7. The molecule has 0 fully saturated rings. The lowest BCUT2D eigenvalue weighted by Crippen LogP contribution is -1.99. The molecule has 0 N–H and O–H groups in total. The van der Waals surface area contributed by atoms with Crippen LogP contribution in [0.2, 0.25) is 5.15 Å². The van der Waals surface area contributed by atoms with Crippen molar-refractivity contribution in [2.45, 2.75) is 26.7 Å². The Hall–Kier alpha value is -2.14. The van der Waals surface area contributed by atoms with E-state index in [1.807, 2.05) is 25.1 Å². The molecule has 0 aliphatic carbocycles. The molecule has 3 aromatic heterocycles. The maximum Gasteiger partial charge on any atom is 0.214 e. The third-order valence-corrected chi connectivity index (χ3v) is 3.98. The SMILES string of the molecule is COc1ccc(-c2cc(C)c(Cl)nn2)c2cc(C(C)C)nn12. The van der Waals surface area contributed by atoms with Crippen LogP contribution in [-0.2, 0) is 0 Å². The van der Waals surface area contributed by atoms with Crippen LogP contribution in [0.25, 0.3) is 16.8 Å². The van der Waals surface area contributed by atoms with Crippen LogP contribution < -0.4 is 4.74 Å². The lowest BCUT2D eigenvalue weighted by atomic mass is 10.1. The minimum Gasteiger partial charge on any atom is -0.481 e. The molecule has 114 valence electrons. The van der Waals surface area contributed by atoms with Crippen LogP contribution in [0, 0.1) is 6.92 Å². The van der Waals surface area contributed by atoms with Gasteiger partial charge in [-0.15, -0.1) is 10.2 Å². The quantitative estimate of drug-likeness (QED) is 0.735. The fraction of sp³-hybridized carbons (Fsp3) is 0.312. The molecule has 6 heteroatoms. The standard InChI is InChI=1S/C16H17ClN4O/c1-9(2)12-8-14-11(5-6-15(22-4)21(14)20-12)13-7-10(3)16(17)19-18-13/h5-9H,1-4H3. The number of nitrogens with zero attached hydrogens (tertiary/aromatic N) is 4. The summed E-state index contributed by atoms with van der Waals surface area (Å²) in [5, 5.41) is 13.3. The Morgan fingerprint density at radius 3 is 2.59 bits per heavy atom. The van der Waals surface area contributed by atoms with Gasteiger partial charge in [-0.05, 0) is 36.6 Å². The van der Waals surface area contributed by atoms with Crippen LogP contribution in [0.4, 0.5) is 0 Å². The highest BCUT2D eigenvalue weighted by Gasteiger charge is 2.15. The third-order valence-electron chi connectivity index (χ3n) is 3.61. The first-order valence-electron chi connectivity index (χ1n) is 7.08. The fourth-order valence-electron chi connectivity index (χ4n) is 2.32. The van der Waals surface area contributed by atoms with Gasteiger partial charge in [0.15, 0.2) is 5.15 Å². The molecular weight excluding hydrogens is 300 g/mol. The van der Waals surface area contributed by atoms with Crippen molar-refractivity contribution in [1.29, 1.82) is 0 Å². The van der Waals surface area contributed by atoms with Crippen molar-refractivity contribution >= 4 is 17.1 Å². The van der Waals surface area contributed by atoms with Crippen LogP contribution in [0.1, 0.15) is 31.0 Å². The number of halogens is 1. The van der Waals surface area contributed by atoms with E-state index in [-0.39, 0.29) is 0 Å². The summed E-state index contributed by atoms with van der Waals surface area (Å²) in [7, 11) is 1.64. The topological polar surface area (TPSA) is 52.3 Å². The van der Waals surface area contributed by atoms with Gasteiger partial charge in [0.1, 0.15) is 0 Å². The highest BCUT2D eigenvalue weighted by molar-refractivity contribution is 6.30. The van der Waals surface area contributed by atoms with Crippen molar-refractivity contribution in [3.8, 4) is 17.1 Å². The summed E-state index contributed by atoms with van der Waals surface area (Å²) in [6, 6.07) is 7.84. The summed E-state index contributed by atoms with van der Waals surface area (Å²) < 4.78 is 7.20. The molecule has 0 aliphatic heterocycles. The van der Waals surface area contributed by atoms with Crippen molar-refractivity contribution in [2.24, 2.45) is 0 Å². The smallest absolute Gasteiger partial charge is 0.214 e. The van der Waals surface area contributed by atoms with Gasteiger partial charge in [-0.25, -0.2) is 4.52 Å². The number of hydrogen-bond acceptors (Lipinski definition) is 4. The zero-order chi connectivity index (χ0) is 15.9. The number of ether oxygens (including phenoxy) is 1. The average molecular weight is 317 g/mol. The summed E-state index contributed by atoms with van der Waals surface area (Å²) in [5.74, 6) is 1.01. The molecule has 0 radical (unpaired) electrons. The lowest BCUT2D eigenvalue weighted by Gasteiger charge is -2.08. The van der Waals surface area contributed by atoms with Crippen molar-refractivity contribution in [3.63, 3.8) is 0 Å². The Morgan fingerprint density at radius 1 is 1.18 bits per heavy atom. The molecule has 0 amide bonds. The Bertz CT molecular complexity index is 842. The normalized spacial score (nSPS) is 11.4. The molecule has 0 aliphatic rings. The predicted molar refractivity (Wildman–Crippen MR) is 86.6 cm³/mol. The summed E-state index contributed by atoms with van der Waals surface area (Å²) >= 11 is 5.97. The van der Waals surface area contributed by atoms with Crippen LogP contribution in [-0.4, -0.2) is 26.9 Å². The first-order chi connectivity index (χ1) is 10.5. The van der Waals surface area contributed by atoms with Crippen LogP contribution in [0.15, 0.2) is 24.3 Å². The maximum atomic E-state index is 5.97. The number of pyridine rings is 1.